The van der Waals surface area contributed by atoms with E-state index < -0.39 is 0 Å². The summed E-state index contributed by atoms with van der Waals surface area (Å²) in [6.45, 7) is 0. The van der Waals surface area contributed by atoms with E-state index in [2.05, 4.69) is 112 Å². The molecule has 5 aromatic carbocycles. The fraction of sp³-hybridized carbons (Fsp3) is 0. The zero-order valence-corrected chi connectivity index (χ0v) is 20.9. The molecule has 0 radical (unpaired) electrons. The van der Waals surface area contributed by atoms with Crippen LogP contribution in [0.2, 0.25) is 0 Å². The fourth-order valence-corrected chi connectivity index (χ4v) is 6.29. The molecule has 0 aliphatic heterocycles. The number of pyridine rings is 1. The number of furan rings is 1. The lowest BCUT2D eigenvalue weighted by Gasteiger charge is -2.10. The Kier molecular flexibility index (Phi) is 4.02. The summed E-state index contributed by atoms with van der Waals surface area (Å²) in [6, 6.07) is 42.7. The van der Waals surface area contributed by atoms with Gasteiger partial charge in [-0.3, -0.25) is 4.98 Å². The molecule has 0 unspecified atom stereocenters. The maximum Gasteiger partial charge on any atom is 0.178 e. The van der Waals surface area contributed by atoms with E-state index in [0.29, 0.717) is 0 Å². The van der Waals surface area contributed by atoms with Crippen LogP contribution in [0.1, 0.15) is 0 Å². The quantitative estimate of drug-likeness (QED) is 0.238. The van der Waals surface area contributed by atoms with Gasteiger partial charge in [0.1, 0.15) is 16.6 Å². The number of fused-ring (bicyclic) bond motifs is 10. The smallest absolute Gasteiger partial charge is 0.178 e. The first-order valence-corrected chi connectivity index (χ1v) is 13.2. The third kappa shape index (κ3) is 2.75. The molecule has 182 valence electrons. The summed E-state index contributed by atoms with van der Waals surface area (Å²) >= 11 is 0. The summed E-state index contributed by atoms with van der Waals surface area (Å²) in [5.74, 6) is 0. The van der Waals surface area contributed by atoms with Crippen molar-refractivity contribution < 1.29 is 4.42 Å². The van der Waals surface area contributed by atoms with Crippen molar-refractivity contribution in [3.63, 3.8) is 0 Å². The first kappa shape index (κ1) is 20.7. The maximum atomic E-state index is 6.49. The average molecular weight is 500 g/mol. The number of aromatic nitrogens is 3. The van der Waals surface area contributed by atoms with Gasteiger partial charge >= 0.3 is 0 Å². The van der Waals surface area contributed by atoms with Gasteiger partial charge < -0.3 is 13.6 Å². The van der Waals surface area contributed by atoms with Crippen molar-refractivity contribution in [2.24, 2.45) is 0 Å². The number of rotatable bonds is 2. The van der Waals surface area contributed by atoms with E-state index in [-0.39, 0.29) is 0 Å². The van der Waals surface area contributed by atoms with Gasteiger partial charge in [-0.15, -0.1) is 0 Å². The van der Waals surface area contributed by atoms with Crippen molar-refractivity contribution in [3.8, 4) is 11.4 Å². The minimum absolute atomic E-state index is 0.816. The van der Waals surface area contributed by atoms with Crippen LogP contribution in [-0.4, -0.2) is 14.1 Å². The Morgan fingerprint density at radius 2 is 1.13 bits per heavy atom. The molecule has 0 saturated heterocycles. The maximum absolute atomic E-state index is 6.49. The predicted molar refractivity (Wildman–Crippen MR) is 160 cm³/mol. The van der Waals surface area contributed by atoms with Crippen molar-refractivity contribution in [2.75, 3.05) is 0 Å². The van der Waals surface area contributed by atoms with E-state index in [1.807, 2.05) is 24.4 Å². The highest BCUT2D eigenvalue weighted by Gasteiger charge is 2.20. The number of nitrogens with zero attached hydrogens (tertiary/aromatic N) is 3. The van der Waals surface area contributed by atoms with Crippen LogP contribution in [0.4, 0.5) is 0 Å². The van der Waals surface area contributed by atoms with E-state index in [0.717, 1.165) is 55.2 Å². The molecule has 0 saturated carbocycles. The van der Waals surface area contributed by atoms with Gasteiger partial charge in [0.2, 0.25) is 0 Å². The summed E-state index contributed by atoms with van der Waals surface area (Å²) in [5, 5.41) is 5.73. The van der Waals surface area contributed by atoms with Crippen molar-refractivity contribution in [1.29, 1.82) is 0 Å². The molecule has 0 bridgehead atoms. The van der Waals surface area contributed by atoms with Crippen LogP contribution in [0, 0.1) is 0 Å². The summed E-state index contributed by atoms with van der Waals surface area (Å²) in [5.41, 5.74) is 9.37. The third-order valence-electron chi connectivity index (χ3n) is 7.95. The Bertz CT molecular complexity index is 2390. The molecular formula is C35H21N3O. The largest absolute Gasteiger partial charge is 0.452 e. The van der Waals surface area contributed by atoms with Crippen LogP contribution in [0.3, 0.4) is 0 Å². The lowest BCUT2D eigenvalue weighted by Crippen LogP contribution is -1.96. The Morgan fingerprint density at radius 3 is 1.95 bits per heavy atom. The van der Waals surface area contributed by atoms with Crippen LogP contribution in [-0.2, 0) is 0 Å². The summed E-state index contributed by atoms with van der Waals surface area (Å²) in [6.07, 6.45) is 2.00. The first-order valence-electron chi connectivity index (χ1n) is 13.2. The second-order valence-corrected chi connectivity index (χ2v) is 10.0. The highest BCUT2D eigenvalue weighted by molar-refractivity contribution is 6.20. The van der Waals surface area contributed by atoms with Gasteiger partial charge in [0.15, 0.2) is 5.58 Å². The molecule has 0 spiro atoms. The predicted octanol–water partition coefficient (Wildman–Crippen LogP) is 9.18. The first-order chi connectivity index (χ1) is 19.4. The van der Waals surface area contributed by atoms with Crippen molar-refractivity contribution in [3.05, 3.63) is 128 Å². The Labute approximate surface area is 222 Å². The second kappa shape index (κ2) is 7.59. The van der Waals surface area contributed by atoms with E-state index in [1.165, 1.54) is 21.8 Å². The Morgan fingerprint density at radius 1 is 0.487 bits per heavy atom. The molecule has 9 aromatic rings. The molecular weight excluding hydrogens is 478 g/mol. The zero-order chi connectivity index (χ0) is 25.5. The lowest BCUT2D eigenvalue weighted by molar-refractivity contribution is 0.670. The van der Waals surface area contributed by atoms with Crippen LogP contribution in [0.15, 0.2) is 132 Å². The van der Waals surface area contributed by atoms with Gasteiger partial charge in [-0.2, -0.15) is 0 Å². The number of hydrogen-bond acceptors (Lipinski definition) is 2. The third-order valence-corrected chi connectivity index (χ3v) is 7.95. The van der Waals surface area contributed by atoms with Gasteiger partial charge in [0.05, 0.1) is 16.6 Å². The Hall–Kier alpha value is -5.35. The molecule has 0 N–H and O–H groups in total. The van der Waals surface area contributed by atoms with Crippen molar-refractivity contribution in [2.45, 2.75) is 0 Å². The zero-order valence-electron chi connectivity index (χ0n) is 20.9. The van der Waals surface area contributed by atoms with Crippen LogP contribution < -0.4 is 0 Å². The van der Waals surface area contributed by atoms with Gasteiger partial charge in [0.25, 0.3) is 0 Å². The molecule has 4 heteroatoms. The van der Waals surface area contributed by atoms with E-state index in [9.17, 15) is 0 Å². The Balaban J connectivity index is 1.43. The molecule has 4 aromatic heterocycles. The van der Waals surface area contributed by atoms with Crippen molar-refractivity contribution >= 4 is 65.7 Å². The summed E-state index contributed by atoms with van der Waals surface area (Å²) in [7, 11) is 0. The second-order valence-electron chi connectivity index (χ2n) is 10.0. The molecule has 9 rings (SSSR count). The van der Waals surface area contributed by atoms with Gasteiger partial charge in [0, 0.05) is 44.5 Å². The normalized spacial score (nSPS) is 12.1. The molecule has 4 nitrogen and oxygen atoms in total. The molecule has 0 aliphatic rings. The van der Waals surface area contributed by atoms with Gasteiger partial charge in [-0.05, 0) is 54.6 Å². The molecule has 39 heavy (non-hydrogen) atoms. The average Bonchev–Trinajstić information content (AvgIpc) is 3.65. The van der Waals surface area contributed by atoms with Crippen molar-refractivity contribution in [1.82, 2.24) is 14.1 Å². The molecule has 0 atom stereocenters. The summed E-state index contributed by atoms with van der Waals surface area (Å²) < 4.78 is 11.2. The minimum Gasteiger partial charge on any atom is -0.452 e. The summed E-state index contributed by atoms with van der Waals surface area (Å²) in [4.78, 5) is 4.87. The number of para-hydroxylation sites is 4. The van der Waals surface area contributed by atoms with Gasteiger partial charge in [-0.25, -0.2) is 0 Å². The standard InChI is InChI=1S/C35H21N3O/c1-2-10-22(11-3-1)37-29-15-7-4-12-24(29)27-20-23(18-19-31(27)37)38-30-16-8-5-13-25(30)28-21-36-33-26-14-6-9-17-32(26)39-35(33)34(28)38/h1-21H. The number of hydrogen-bond donors (Lipinski definition) is 0. The fourth-order valence-electron chi connectivity index (χ4n) is 6.29. The van der Waals surface area contributed by atoms with E-state index in [1.54, 1.807) is 0 Å². The number of benzene rings is 5. The van der Waals surface area contributed by atoms with Gasteiger partial charge in [-0.1, -0.05) is 66.7 Å². The van der Waals surface area contributed by atoms with Crippen LogP contribution in [0.25, 0.3) is 77.1 Å². The lowest BCUT2D eigenvalue weighted by atomic mass is 10.1. The highest BCUT2D eigenvalue weighted by atomic mass is 16.3. The SMILES string of the molecule is c1ccc(-n2c3ccccc3c3cc(-n4c5ccccc5c5cnc6c7ccccc7oc6c54)ccc32)cc1. The van der Waals surface area contributed by atoms with E-state index >= 15 is 0 Å². The monoisotopic (exact) mass is 499 g/mol. The topological polar surface area (TPSA) is 35.9 Å². The van der Waals surface area contributed by atoms with Crippen LogP contribution in [0.5, 0.6) is 0 Å². The molecule has 0 amide bonds. The molecule has 4 heterocycles. The molecule has 0 aliphatic carbocycles. The minimum atomic E-state index is 0.816. The van der Waals surface area contributed by atoms with Crippen LogP contribution >= 0.6 is 0 Å². The van der Waals surface area contributed by atoms with E-state index in [4.69, 9.17) is 9.40 Å². The highest BCUT2D eigenvalue weighted by Crippen LogP contribution is 2.40. The molecule has 0 fully saturated rings.